The minimum atomic E-state index is -0.398. The van der Waals surface area contributed by atoms with E-state index in [2.05, 4.69) is 21.8 Å². The molecule has 0 saturated carbocycles. The summed E-state index contributed by atoms with van der Waals surface area (Å²) in [6, 6.07) is 3.37. The Labute approximate surface area is 89.5 Å². The van der Waals surface area contributed by atoms with Crippen LogP contribution in [-0.4, -0.2) is 43.1 Å². The van der Waals surface area contributed by atoms with Gasteiger partial charge in [0.2, 0.25) is 5.95 Å². The van der Waals surface area contributed by atoms with Gasteiger partial charge < -0.3 is 9.80 Å². The zero-order valence-corrected chi connectivity index (χ0v) is 8.99. The summed E-state index contributed by atoms with van der Waals surface area (Å²) in [7, 11) is 2.12. The quantitative estimate of drug-likeness (QED) is 0.651. The van der Waals surface area contributed by atoms with Gasteiger partial charge in [-0.1, -0.05) is 0 Å². The van der Waals surface area contributed by atoms with Gasteiger partial charge in [0.05, 0.1) is 0 Å². The van der Waals surface area contributed by atoms with Crippen molar-refractivity contribution in [1.29, 1.82) is 0 Å². The van der Waals surface area contributed by atoms with Gasteiger partial charge in [-0.25, -0.2) is 4.98 Å². The van der Waals surface area contributed by atoms with Crippen LogP contribution in [0.4, 0.5) is 10.1 Å². The van der Waals surface area contributed by atoms with Crippen molar-refractivity contribution >= 4 is 5.69 Å². The van der Waals surface area contributed by atoms with E-state index in [9.17, 15) is 4.39 Å². The predicted molar refractivity (Wildman–Crippen MR) is 58.5 cm³/mol. The first kappa shape index (κ1) is 10.4. The van der Waals surface area contributed by atoms with Crippen LogP contribution in [-0.2, 0) is 0 Å². The highest BCUT2D eigenvalue weighted by atomic mass is 19.1. The van der Waals surface area contributed by atoms with Gasteiger partial charge in [-0.05, 0) is 26.1 Å². The van der Waals surface area contributed by atoms with Crippen molar-refractivity contribution in [2.75, 3.05) is 38.1 Å². The molecule has 0 N–H and O–H groups in total. The average Bonchev–Trinajstić information content (AvgIpc) is 2.43. The van der Waals surface area contributed by atoms with E-state index in [1.54, 1.807) is 0 Å². The Balaban J connectivity index is 2.09. The fourth-order valence-electron chi connectivity index (χ4n) is 1.89. The van der Waals surface area contributed by atoms with Crippen LogP contribution < -0.4 is 4.90 Å². The molecule has 1 aliphatic heterocycles. The summed E-state index contributed by atoms with van der Waals surface area (Å²) in [4.78, 5) is 8.09. The summed E-state index contributed by atoms with van der Waals surface area (Å²) in [5.74, 6) is -0.398. The molecule has 0 bridgehead atoms. The van der Waals surface area contributed by atoms with E-state index in [0.29, 0.717) is 0 Å². The minimum absolute atomic E-state index is 0.398. The molecule has 1 aromatic rings. The molecular formula is C11H16FN3. The van der Waals surface area contributed by atoms with Crippen LogP contribution in [0.1, 0.15) is 6.42 Å². The van der Waals surface area contributed by atoms with Gasteiger partial charge in [0.1, 0.15) is 0 Å². The molecule has 0 spiro atoms. The molecule has 1 fully saturated rings. The summed E-state index contributed by atoms with van der Waals surface area (Å²) < 4.78 is 13.0. The van der Waals surface area contributed by atoms with Crippen molar-refractivity contribution in [3.63, 3.8) is 0 Å². The maximum Gasteiger partial charge on any atom is 0.214 e. The second-order valence-electron chi connectivity index (χ2n) is 3.98. The van der Waals surface area contributed by atoms with Gasteiger partial charge >= 0.3 is 0 Å². The predicted octanol–water partition coefficient (Wildman–Crippen LogP) is 1.36. The first-order valence-electron chi connectivity index (χ1n) is 5.31. The maximum absolute atomic E-state index is 13.0. The molecule has 2 rings (SSSR count). The second-order valence-corrected chi connectivity index (χ2v) is 3.98. The van der Waals surface area contributed by atoms with E-state index in [-0.39, 0.29) is 0 Å². The third kappa shape index (κ3) is 2.65. The van der Waals surface area contributed by atoms with Crippen molar-refractivity contribution in [2.45, 2.75) is 6.42 Å². The molecule has 0 atom stereocenters. The first-order chi connectivity index (χ1) is 7.25. The summed E-state index contributed by atoms with van der Waals surface area (Å²) in [6.45, 7) is 4.10. The number of anilines is 1. The number of likely N-dealkylation sites (N-methyl/N-ethyl adjacent to an activating group) is 1. The van der Waals surface area contributed by atoms with Crippen LogP contribution in [0.5, 0.6) is 0 Å². The topological polar surface area (TPSA) is 19.4 Å². The molecule has 0 radical (unpaired) electrons. The average molecular weight is 209 g/mol. The zero-order chi connectivity index (χ0) is 10.7. The molecule has 0 aliphatic carbocycles. The van der Waals surface area contributed by atoms with Crippen LogP contribution in [0.25, 0.3) is 0 Å². The van der Waals surface area contributed by atoms with E-state index in [1.165, 1.54) is 12.3 Å². The Kier molecular flexibility index (Phi) is 3.16. The summed E-state index contributed by atoms with van der Waals surface area (Å²) >= 11 is 0. The third-order valence-electron chi connectivity index (χ3n) is 2.79. The van der Waals surface area contributed by atoms with Crippen LogP contribution in [0.15, 0.2) is 18.3 Å². The largest absolute Gasteiger partial charge is 0.370 e. The first-order valence-corrected chi connectivity index (χ1v) is 5.31. The standard InChI is InChI=1S/C11H16FN3/c1-14-5-2-6-15(8-7-14)10-3-4-13-11(12)9-10/h3-4,9H,2,5-8H2,1H3. The Morgan fingerprint density at radius 2 is 2.13 bits per heavy atom. The van der Waals surface area contributed by atoms with E-state index in [4.69, 9.17) is 0 Å². The third-order valence-corrected chi connectivity index (χ3v) is 2.79. The van der Waals surface area contributed by atoms with Crippen LogP contribution in [0.3, 0.4) is 0 Å². The molecule has 15 heavy (non-hydrogen) atoms. The Hall–Kier alpha value is -1.16. The van der Waals surface area contributed by atoms with Crippen molar-refractivity contribution in [3.05, 3.63) is 24.3 Å². The zero-order valence-electron chi connectivity index (χ0n) is 8.99. The van der Waals surface area contributed by atoms with Crippen LogP contribution >= 0.6 is 0 Å². The van der Waals surface area contributed by atoms with Gasteiger partial charge in [0.25, 0.3) is 0 Å². The highest BCUT2D eigenvalue weighted by Gasteiger charge is 2.12. The lowest BCUT2D eigenvalue weighted by molar-refractivity contribution is 0.360. The van der Waals surface area contributed by atoms with Crippen LogP contribution in [0.2, 0.25) is 0 Å². The molecule has 3 nitrogen and oxygen atoms in total. The fraction of sp³-hybridized carbons (Fsp3) is 0.545. The number of halogens is 1. The lowest BCUT2D eigenvalue weighted by atomic mass is 10.3. The maximum atomic E-state index is 13.0. The van der Waals surface area contributed by atoms with Crippen molar-refractivity contribution in [2.24, 2.45) is 0 Å². The van der Waals surface area contributed by atoms with Gasteiger partial charge in [0, 0.05) is 37.6 Å². The number of nitrogens with zero attached hydrogens (tertiary/aromatic N) is 3. The Morgan fingerprint density at radius 3 is 2.93 bits per heavy atom. The van der Waals surface area contributed by atoms with Crippen molar-refractivity contribution < 1.29 is 4.39 Å². The lowest BCUT2D eigenvalue weighted by Crippen LogP contribution is -2.28. The van der Waals surface area contributed by atoms with Gasteiger partial charge in [0.15, 0.2) is 0 Å². The number of aromatic nitrogens is 1. The fourth-order valence-corrected chi connectivity index (χ4v) is 1.89. The monoisotopic (exact) mass is 209 g/mol. The molecule has 4 heteroatoms. The molecule has 0 amide bonds. The van der Waals surface area contributed by atoms with E-state index in [1.807, 2.05) is 6.07 Å². The smallest absolute Gasteiger partial charge is 0.214 e. The number of rotatable bonds is 1. The van der Waals surface area contributed by atoms with Crippen molar-refractivity contribution in [3.8, 4) is 0 Å². The SMILES string of the molecule is CN1CCCN(c2ccnc(F)c2)CC1. The molecule has 2 heterocycles. The summed E-state index contributed by atoms with van der Waals surface area (Å²) in [5, 5.41) is 0. The highest BCUT2D eigenvalue weighted by Crippen LogP contribution is 2.15. The Bertz CT molecular complexity index is 329. The molecule has 0 unspecified atom stereocenters. The molecule has 82 valence electrons. The van der Waals surface area contributed by atoms with Crippen LogP contribution in [0, 0.1) is 5.95 Å². The van der Waals surface area contributed by atoms with Gasteiger partial charge in [-0.3, -0.25) is 0 Å². The summed E-state index contributed by atoms with van der Waals surface area (Å²) in [6.07, 6.45) is 2.65. The van der Waals surface area contributed by atoms with E-state index >= 15 is 0 Å². The number of pyridine rings is 1. The Morgan fingerprint density at radius 1 is 1.27 bits per heavy atom. The van der Waals surface area contributed by atoms with Gasteiger partial charge in [-0.15, -0.1) is 0 Å². The molecule has 1 aliphatic rings. The van der Waals surface area contributed by atoms with E-state index < -0.39 is 5.95 Å². The van der Waals surface area contributed by atoms with Gasteiger partial charge in [-0.2, -0.15) is 4.39 Å². The molecule has 1 saturated heterocycles. The molecular weight excluding hydrogens is 193 g/mol. The van der Waals surface area contributed by atoms with E-state index in [0.717, 1.165) is 38.3 Å². The summed E-state index contributed by atoms with van der Waals surface area (Å²) in [5.41, 5.74) is 0.942. The normalized spacial score (nSPS) is 18.9. The number of hydrogen-bond donors (Lipinski definition) is 0. The minimum Gasteiger partial charge on any atom is -0.370 e. The highest BCUT2D eigenvalue weighted by molar-refractivity contribution is 5.44. The molecule has 0 aromatic carbocycles. The number of hydrogen-bond acceptors (Lipinski definition) is 3. The lowest BCUT2D eigenvalue weighted by Gasteiger charge is -2.22. The van der Waals surface area contributed by atoms with Crippen molar-refractivity contribution in [1.82, 2.24) is 9.88 Å². The molecule has 1 aromatic heterocycles. The second kappa shape index (κ2) is 4.57.